The summed E-state index contributed by atoms with van der Waals surface area (Å²) in [7, 11) is 0. The van der Waals surface area contributed by atoms with Gasteiger partial charge in [-0.3, -0.25) is 9.69 Å². The van der Waals surface area contributed by atoms with Crippen molar-refractivity contribution >= 4 is 16.9 Å². The lowest BCUT2D eigenvalue weighted by Crippen LogP contribution is -2.49. The lowest BCUT2D eigenvalue weighted by atomic mass is 10.3. The Morgan fingerprint density at radius 2 is 1.69 bits per heavy atom. The molecule has 152 valence electrons. The lowest BCUT2D eigenvalue weighted by molar-refractivity contribution is -0.135. The van der Waals surface area contributed by atoms with Crippen LogP contribution < -0.4 is 9.47 Å². The molecule has 0 spiro atoms. The van der Waals surface area contributed by atoms with Crippen molar-refractivity contribution in [1.29, 1.82) is 0 Å². The summed E-state index contributed by atoms with van der Waals surface area (Å²) in [5, 5.41) is 0. The van der Waals surface area contributed by atoms with Gasteiger partial charge in [-0.2, -0.15) is 0 Å². The maximum atomic E-state index is 12.5. The number of rotatable bonds is 7. The van der Waals surface area contributed by atoms with Crippen molar-refractivity contribution in [2.75, 3.05) is 39.4 Å². The Morgan fingerprint density at radius 3 is 2.38 bits per heavy atom. The Balaban J connectivity index is 1.23. The van der Waals surface area contributed by atoms with E-state index in [0.717, 1.165) is 42.2 Å². The van der Waals surface area contributed by atoms with Crippen molar-refractivity contribution < 1.29 is 14.3 Å². The minimum absolute atomic E-state index is 0.0160. The molecule has 29 heavy (non-hydrogen) atoms. The fourth-order valence-corrected chi connectivity index (χ4v) is 3.48. The van der Waals surface area contributed by atoms with E-state index in [9.17, 15) is 4.79 Å². The van der Waals surface area contributed by atoms with Crippen molar-refractivity contribution in [3.8, 4) is 11.5 Å². The molecule has 1 aliphatic rings. The third-order valence-corrected chi connectivity index (χ3v) is 5.03. The molecule has 1 amide bonds. The second kappa shape index (κ2) is 8.96. The zero-order valence-corrected chi connectivity index (χ0v) is 16.6. The van der Waals surface area contributed by atoms with E-state index < -0.39 is 0 Å². The van der Waals surface area contributed by atoms with E-state index in [1.54, 1.807) is 0 Å². The van der Waals surface area contributed by atoms with Crippen LogP contribution in [0.15, 0.2) is 48.5 Å². The number of fused-ring (bicyclic) bond motifs is 1. The summed E-state index contributed by atoms with van der Waals surface area (Å²) in [4.78, 5) is 24.6. The first-order chi connectivity index (χ1) is 14.2. The number of hydrogen-bond acceptors (Lipinski definition) is 5. The minimum atomic E-state index is 0.0160. The first kappa shape index (κ1) is 19.3. The number of carbonyl (C=O) groups excluding carboxylic acids is 1. The van der Waals surface area contributed by atoms with E-state index in [2.05, 4.69) is 14.9 Å². The molecule has 3 aromatic rings. The average molecular weight is 394 g/mol. The largest absolute Gasteiger partial charge is 0.494 e. The molecule has 0 atom stereocenters. The van der Waals surface area contributed by atoms with Crippen LogP contribution in [-0.4, -0.2) is 65.1 Å². The summed E-state index contributed by atoms with van der Waals surface area (Å²) in [6.45, 7) is 6.44. The standard InChI is InChI=1S/C22H26N4O3/c1-2-28-17-7-9-18(10-8-17)29-16-22(27)26-13-11-25(12-14-26)15-21-23-19-5-3-4-6-20(19)24-21/h3-10H,2,11-16H2,1H3,(H,23,24). The van der Waals surface area contributed by atoms with Gasteiger partial charge in [0, 0.05) is 26.2 Å². The Kier molecular flexibility index (Phi) is 5.95. The van der Waals surface area contributed by atoms with Crippen LogP contribution in [0.25, 0.3) is 11.0 Å². The Labute approximate surface area is 170 Å². The number of amides is 1. The van der Waals surface area contributed by atoms with Gasteiger partial charge in [-0.25, -0.2) is 4.98 Å². The molecule has 0 radical (unpaired) electrons. The fourth-order valence-electron chi connectivity index (χ4n) is 3.48. The van der Waals surface area contributed by atoms with Crippen LogP contribution in [-0.2, 0) is 11.3 Å². The normalized spacial score (nSPS) is 14.9. The third-order valence-electron chi connectivity index (χ3n) is 5.03. The third kappa shape index (κ3) is 4.86. The molecule has 0 saturated carbocycles. The summed E-state index contributed by atoms with van der Waals surface area (Å²) < 4.78 is 11.0. The number of nitrogens with zero attached hydrogens (tertiary/aromatic N) is 3. The summed E-state index contributed by atoms with van der Waals surface area (Å²) >= 11 is 0. The van der Waals surface area contributed by atoms with Gasteiger partial charge in [0.15, 0.2) is 6.61 Å². The lowest BCUT2D eigenvalue weighted by Gasteiger charge is -2.34. The number of H-pyrrole nitrogens is 1. The molecular weight excluding hydrogens is 368 g/mol. The summed E-state index contributed by atoms with van der Waals surface area (Å²) in [5.41, 5.74) is 2.05. The van der Waals surface area contributed by atoms with Gasteiger partial charge in [0.25, 0.3) is 5.91 Å². The van der Waals surface area contributed by atoms with E-state index in [4.69, 9.17) is 9.47 Å². The highest BCUT2D eigenvalue weighted by Gasteiger charge is 2.22. The monoisotopic (exact) mass is 394 g/mol. The van der Waals surface area contributed by atoms with Crippen molar-refractivity contribution in [2.24, 2.45) is 0 Å². The van der Waals surface area contributed by atoms with Gasteiger partial charge in [-0.05, 0) is 43.3 Å². The first-order valence-corrected chi connectivity index (χ1v) is 10.0. The number of piperazine rings is 1. The zero-order chi connectivity index (χ0) is 20.1. The van der Waals surface area contributed by atoms with E-state index in [1.165, 1.54) is 0 Å². The highest BCUT2D eigenvalue weighted by molar-refractivity contribution is 5.78. The number of benzene rings is 2. The summed E-state index contributed by atoms with van der Waals surface area (Å²) in [6, 6.07) is 15.4. The molecule has 4 rings (SSSR count). The van der Waals surface area contributed by atoms with Gasteiger partial charge in [0.2, 0.25) is 0 Å². The molecule has 2 aromatic carbocycles. The fraction of sp³-hybridized carbons (Fsp3) is 0.364. The summed E-state index contributed by atoms with van der Waals surface area (Å²) in [5.74, 6) is 2.45. The van der Waals surface area contributed by atoms with Crippen molar-refractivity contribution in [3.05, 3.63) is 54.4 Å². The van der Waals surface area contributed by atoms with Crippen molar-refractivity contribution in [2.45, 2.75) is 13.5 Å². The number of nitrogens with one attached hydrogen (secondary N) is 1. The van der Waals surface area contributed by atoms with E-state index in [1.807, 2.05) is 60.4 Å². The molecular formula is C22H26N4O3. The molecule has 1 N–H and O–H groups in total. The number of carbonyl (C=O) groups is 1. The van der Waals surface area contributed by atoms with Crippen LogP contribution in [0.3, 0.4) is 0 Å². The summed E-state index contributed by atoms with van der Waals surface area (Å²) in [6.07, 6.45) is 0. The minimum Gasteiger partial charge on any atom is -0.494 e. The SMILES string of the molecule is CCOc1ccc(OCC(=O)N2CCN(Cc3nc4ccccc4[nH]3)CC2)cc1. The predicted octanol–water partition coefficient (Wildman–Crippen LogP) is 2.68. The molecule has 1 fully saturated rings. The number of imidazole rings is 1. The predicted molar refractivity (Wildman–Crippen MR) is 111 cm³/mol. The Morgan fingerprint density at radius 1 is 1.00 bits per heavy atom. The second-order valence-corrected chi connectivity index (χ2v) is 7.05. The topological polar surface area (TPSA) is 70.7 Å². The Bertz CT molecular complexity index is 913. The van der Waals surface area contributed by atoms with E-state index in [-0.39, 0.29) is 12.5 Å². The van der Waals surface area contributed by atoms with Gasteiger partial charge in [0.1, 0.15) is 17.3 Å². The molecule has 0 aliphatic carbocycles. The maximum Gasteiger partial charge on any atom is 0.260 e. The molecule has 1 aromatic heterocycles. The molecule has 0 bridgehead atoms. The van der Waals surface area contributed by atoms with Crippen molar-refractivity contribution in [1.82, 2.24) is 19.8 Å². The van der Waals surface area contributed by atoms with Gasteiger partial charge in [-0.15, -0.1) is 0 Å². The molecule has 2 heterocycles. The van der Waals surface area contributed by atoms with E-state index >= 15 is 0 Å². The quantitative estimate of drug-likeness (QED) is 0.667. The molecule has 7 nitrogen and oxygen atoms in total. The van der Waals surface area contributed by atoms with Crippen LogP contribution in [0, 0.1) is 0 Å². The molecule has 0 unspecified atom stereocenters. The maximum absolute atomic E-state index is 12.5. The highest BCUT2D eigenvalue weighted by atomic mass is 16.5. The number of hydrogen-bond donors (Lipinski definition) is 1. The molecule has 1 saturated heterocycles. The van der Waals surface area contributed by atoms with Gasteiger partial charge in [-0.1, -0.05) is 12.1 Å². The Hall–Kier alpha value is -3.06. The van der Waals surface area contributed by atoms with Crippen LogP contribution >= 0.6 is 0 Å². The second-order valence-electron chi connectivity index (χ2n) is 7.05. The zero-order valence-electron chi connectivity index (χ0n) is 16.6. The number of aromatic nitrogens is 2. The van der Waals surface area contributed by atoms with Gasteiger partial charge >= 0.3 is 0 Å². The smallest absolute Gasteiger partial charge is 0.260 e. The number of para-hydroxylation sites is 2. The van der Waals surface area contributed by atoms with Crippen LogP contribution in [0.1, 0.15) is 12.7 Å². The first-order valence-electron chi connectivity index (χ1n) is 10.0. The average Bonchev–Trinajstić information content (AvgIpc) is 3.16. The van der Waals surface area contributed by atoms with Gasteiger partial charge < -0.3 is 19.4 Å². The van der Waals surface area contributed by atoms with E-state index in [0.29, 0.717) is 25.4 Å². The highest BCUT2D eigenvalue weighted by Crippen LogP contribution is 2.18. The van der Waals surface area contributed by atoms with Crippen molar-refractivity contribution in [3.63, 3.8) is 0 Å². The van der Waals surface area contributed by atoms with Gasteiger partial charge in [0.05, 0.1) is 24.2 Å². The molecule has 7 heteroatoms. The number of ether oxygens (including phenoxy) is 2. The number of aromatic amines is 1. The van der Waals surface area contributed by atoms with Crippen LogP contribution in [0.2, 0.25) is 0 Å². The molecule has 1 aliphatic heterocycles. The van der Waals surface area contributed by atoms with Crippen LogP contribution in [0.4, 0.5) is 0 Å². The van der Waals surface area contributed by atoms with Crippen LogP contribution in [0.5, 0.6) is 11.5 Å².